The summed E-state index contributed by atoms with van der Waals surface area (Å²) in [6.07, 6.45) is 0. The van der Waals surface area contributed by atoms with Crippen LogP contribution in [0.1, 0.15) is 11.3 Å². The molecule has 0 radical (unpaired) electrons. The largest absolute Gasteiger partial charge is 0.395 e. The van der Waals surface area contributed by atoms with Crippen LogP contribution in [0.5, 0.6) is 0 Å². The summed E-state index contributed by atoms with van der Waals surface area (Å²) >= 11 is 0. The van der Waals surface area contributed by atoms with Crippen LogP contribution in [0.3, 0.4) is 0 Å². The number of aryl methyl sites for hydroxylation is 1. The van der Waals surface area contributed by atoms with E-state index in [0.29, 0.717) is 11.9 Å². The zero-order valence-corrected chi connectivity index (χ0v) is 13.3. The Labute approximate surface area is 134 Å². The Morgan fingerprint density at radius 2 is 1.87 bits per heavy atom. The topological polar surface area (TPSA) is 59.6 Å². The minimum absolute atomic E-state index is 0.190. The standard InChI is InChI=1S/C17H22FN3O2/c1-12-16(11-21-6-4-20(5-7-21)8-9-22)14-3-2-13(18)10-15(14)17(23)19-12/h2-3,10,22H,4-9,11H2,1H3,(H,19,23). The Hall–Kier alpha value is -1.76. The molecule has 0 atom stereocenters. The van der Waals surface area contributed by atoms with E-state index in [0.717, 1.165) is 49.4 Å². The zero-order chi connectivity index (χ0) is 16.4. The number of nitrogens with zero attached hydrogens (tertiary/aromatic N) is 2. The number of halogens is 1. The number of β-amino-alcohol motifs (C(OH)–C–C–N with tert-alkyl or cyclic N) is 1. The van der Waals surface area contributed by atoms with Gasteiger partial charge in [-0.05, 0) is 30.0 Å². The highest BCUT2D eigenvalue weighted by molar-refractivity contribution is 5.85. The van der Waals surface area contributed by atoms with Crippen LogP contribution in [0, 0.1) is 12.7 Å². The normalized spacial score (nSPS) is 17.0. The lowest BCUT2D eigenvalue weighted by atomic mass is 10.0. The van der Waals surface area contributed by atoms with Crippen LogP contribution in [0.15, 0.2) is 23.0 Å². The summed E-state index contributed by atoms with van der Waals surface area (Å²) in [6, 6.07) is 4.41. The molecule has 0 unspecified atom stereocenters. The van der Waals surface area contributed by atoms with E-state index in [1.807, 2.05) is 6.92 Å². The summed E-state index contributed by atoms with van der Waals surface area (Å²) < 4.78 is 13.4. The van der Waals surface area contributed by atoms with E-state index < -0.39 is 5.82 Å². The average Bonchev–Trinajstić information content (AvgIpc) is 2.53. The zero-order valence-electron chi connectivity index (χ0n) is 13.3. The molecule has 6 heteroatoms. The molecular formula is C17H22FN3O2. The smallest absolute Gasteiger partial charge is 0.256 e. The third-order valence-corrected chi connectivity index (χ3v) is 4.57. The first kappa shape index (κ1) is 16.1. The fourth-order valence-electron chi connectivity index (χ4n) is 3.22. The van der Waals surface area contributed by atoms with Gasteiger partial charge in [-0.1, -0.05) is 6.07 Å². The molecule has 2 N–H and O–H groups in total. The highest BCUT2D eigenvalue weighted by Gasteiger charge is 2.19. The number of hydrogen-bond donors (Lipinski definition) is 2. The van der Waals surface area contributed by atoms with Gasteiger partial charge in [0, 0.05) is 45.0 Å². The molecule has 0 bridgehead atoms. The van der Waals surface area contributed by atoms with Gasteiger partial charge in [0.05, 0.1) is 12.0 Å². The van der Waals surface area contributed by atoms with E-state index in [1.165, 1.54) is 12.1 Å². The van der Waals surface area contributed by atoms with Crippen molar-refractivity contribution in [1.82, 2.24) is 14.8 Å². The predicted molar refractivity (Wildman–Crippen MR) is 88.1 cm³/mol. The van der Waals surface area contributed by atoms with Gasteiger partial charge in [0.1, 0.15) is 5.82 Å². The van der Waals surface area contributed by atoms with Crippen molar-refractivity contribution in [2.75, 3.05) is 39.3 Å². The van der Waals surface area contributed by atoms with Crippen molar-refractivity contribution >= 4 is 10.8 Å². The summed E-state index contributed by atoms with van der Waals surface area (Å²) in [5.74, 6) is -0.393. The monoisotopic (exact) mass is 319 g/mol. The van der Waals surface area contributed by atoms with Crippen LogP contribution in [-0.4, -0.2) is 59.2 Å². The maximum absolute atomic E-state index is 13.4. The lowest BCUT2D eigenvalue weighted by Gasteiger charge is -2.34. The maximum Gasteiger partial charge on any atom is 0.256 e. The number of benzene rings is 1. The van der Waals surface area contributed by atoms with Gasteiger partial charge in [0.15, 0.2) is 0 Å². The molecule has 0 aliphatic carbocycles. The summed E-state index contributed by atoms with van der Waals surface area (Å²) in [5.41, 5.74) is 1.65. The number of aliphatic hydroxyl groups excluding tert-OH is 1. The molecule has 0 amide bonds. The van der Waals surface area contributed by atoms with Gasteiger partial charge in [-0.3, -0.25) is 14.6 Å². The lowest BCUT2D eigenvalue weighted by Crippen LogP contribution is -2.46. The van der Waals surface area contributed by atoms with E-state index in [1.54, 1.807) is 6.07 Å². The van der Waals surface area contributed by atoms with E-state index in [9.17, 15) is 9.18 Å². The number of nitrogens with one attached hydrogen (secondary N) is 1. The summed E-state index contributed by atoms with van der Waals surface area (Å²) in [4.78, 5) is 19.5. The van der Waals surface area contributed by atoms with Crippen molar-refractivity contribution in [3.05, 3.63) is 45.6 Å². The van der Waals surface area contributed by atoms with Crippen LogP contribution in [0.2, 0.25) is 0 Å². The number of rotatable bonds is 4. The molecule has 124 valence electrons. The van der Waals surface area contributed by atoms with Gasteiger partial charge in [0.25, 0.3) is 5.56 Å². The van der Waals surface area contributed by atoms with Crippen molar-refractivity contribution in [2.45, 2.75) is 13.5 Å². The third-order valence-electron chi connectivity index (χ3n) is 4.57. The number of fused-ring (bicyclic) bond motifs is 1. The molecule has 23 heavy (non-hydrogen) atoms. The number of piperazine rings is 1. The van der Waals surface area contributed by atoms with Crippen LogP contribution in [0.25, 0.3) is 10.8 Å². The van der Waals surface area contributed by atoms with Gasteiger partial charge in [0.2, 0.25) is 0 Å². The Morgan fingerprint density at radius 1 is 1.17 bits per heavy atom. The molecular weight excluding hydrogens is 297 g/mol. The Kier molecular flexibility index (Phi) is 4.75. The quantitative estimate of drug-likeness (QED) is 0.885. The van der Waals surface area contributed by atoms with Crippen LogP contribution < -0.4 is 5.56 Å². The molecule has 1 aliphatic heterocycles. The van der Waals surface area contributed by atoms with E-state index in [4.69, 9.17) is 5.11 Å². The number of aromatic amines is 1. The maximum atomic E-state index is 13.4. The SMILES string of the molecule is Cc1[nH]c(=O)c2cc(F)ccc2c1CN1CCN(CCO)CC1. The second-order valence-electron chi connectivity index (χ2n) is 6.09. The molecule has 5 nitrogen and oxygen atoms in total. The molecule has 1 saturated heterocycles. The molecule has 2 heterocycles. The molecule has 1 fully saturated rings. The van der Waals surface area contributed by atoms with Crippen molar-refractivity contribution < 1.29 is 9.50 Å². The molecule has 1 aromatic carbocycles. The number of hydrogen-bond acceptors (Lipinski definition) is 4. The average molecular weight is 319 g/mol. The second kappa shape index (κ2) is 6.78. The van der Waals surface area contributed by atoms with Gasteiger partial charge in [-0.15, -0.1) is 0 Å². The number of aliphatic hydroxyl groups is 1. The van der Waals surface area contributed by atoms with Gasteiger partial charge < -0.3 is 10.1 Å². The van der Waals surface area contributed by atoms with E-state index in [2.05, 4.69) is 14.8 Å². The molecule has 1 aromatic heterocycles. The third kappa shape index (κ3) is 3.44. The number of H-pyrrole nitrogens is 1. The van der Waals surface area contributed by atoms with Crippen molar-refractivity contribution in [2.24, 2.45) is 0 Å². The number of pyridine rings is 1. The Bertz CT molecular complexity index is 751. The Balaban J connectivity index is 1.85. The molecule has 0 spiro atoms. The van der Waals surface area contributed by atoms with E-state index in [-0.39, 0.29) is 12.2 Å². The molecule has 0 saturated carbocycles. The predicted octanol–water partition coefficient (Wildman–Crippen LogP) is 1.09. The molecule has 2 aromatic rings. The summed E-state index contributed by atoms with van der Waals surface area (Å²) in [7, 11) is 0. The first-order valence-electron chi connectivity index (χ1n) is 7.95. The van der Waals surface area contributed by atoms with Crippen LogP contribution >= 0.6 is 0 Å². The van der Waals surface area contributed by atoms with Gasteiger partial charge in [-0.2, -0.15) is 0 Å². The van der Waals surface area contributed by atoms with Gasteiger partial charge >= 0.3 is 0 Å². The highest BCUT2D eigenvalue weighted by atomic mass is 19.1. The van der Waals surface area contributed by atoms with E-state index >= 15 is 0 Å². The molecule has 3 rings (SSSR count). The number of aromatic nitrogens is 1. The minimum Gasteiger partial charge on any atom is -0.395 e. The minimum atomic E-state index is -0.393. The van der Waals surface area contributed by atoms with Crippen molar-refractivity contribution in [3.63, 3.8) is 0 Å². The fourth-order valence-corrected chi connectivity index (χ4v) is 3.22. The summed E-state index contributed by atoms with van der Waals surface area (Å²) in [6.45, 7) is 7.22. The molecule has 1 aliphatic rings. The van der Waals surface area contributed by atoms with Crippen LogP contribution in [0.4, 0.5) is 4.39 Å². The summed E-state index contributed by atoms with van der Waals surface area (Å²) in [5, 5.41) is 10.2. The second-order valence-corrected chi connectivity index (χ2v) is 6.09. The van der Waals surface area contributed by atoms with Crippen LogP contribution in [-0.2, 0) is 6.54 Å². The fraction of sp³-hybridized carbons (Fsp3) is 0.471. The highest BCUT2D eigenvalue weighted by Crippen LogP contribution is 2.21. The van der Waals surface area contributed by atoms with Crippen molar-refractivity contribution in [3.8, 4) is 0 Å². The van der Waals surface area contributed by atoms with Gasteiger partial charge in [-0.25, -0.2) is 4.39 Å². The van der Waals surface area contributed by atoms with Crippen molar-refractivity contribution in [1.29, 1.82) is 0 Å². The first-order valence-corrected chi connectivity index (χ1v) is 7.95. The Morgan fingerprint density at radius 3 is 2.57 bits per heavy atom. The lowest BCUT2D eigenvalue weighted by molar-refractivity contribution is 0.108. The first-order chi connectivity index (χ1) is 11.1.